The van der Waals surface area contributed by atoms with Gasteiger partial charge in [0, 0.05) is 17.8 Å². The van der Waals surface area contributed by atoms with Crippen LogP contribution in [-0.2, 0) is 6.42 Å². The number of hydrogen-bond donors (Lipinski definition) is 2. The van der Waals surface area contributed by atoms with E-state index < -0.39 is 0 Å². The number of carbonyl (C=O) groups excluding carboxylic acids is 1. The van der Waals surface area contributed by atoms with Gasteiger partial charge in [-0.1, -0.05) is 43.7 Å². The van der Waals surface area contributed by atoms with Gasteiger partial charge < -0.3 is 11.1 Å². The van der Waals surface area contributed by atoms with Crippen molar-refractivity contribution in [3.05, 3.63) is 52.4 Å². The molecule has 0 saturated carbocycles. The first-order valence-electron chi connectivity index (χ1n) is 6.91. The molecule has 0 aliphatic heterocycles. The molecule has 0 fully saturated rings. The highest BCUT2D eigenvalue weighted by Gasteiger charge is 2.13. The summed E-state index contributed by atoms with van der Waals surface area (Å²) in [5.41, 5.74) is 7.79. The minimum absolute atomic E-state index is 0.0634. The fourth-order valence-corrected chi connectivity index (χ4v) is 2.95. The van der Waals surface area contributed by atoms with Crippen molar-refractivity contribution in [3.8, 4) is 0 Å². The van der Waals surface area contributed by atoms with Crippen LogP contribution in [0.4, 0.5) is 5.00 Å². The largest absolute Gasteiger partial charge is 0.390 e. The van der Waals surface area contributed by atoms with Gasteiger partial charge in [-0.25, -0.2) is 0 Å². The van der Waals surface area contributed by atoms with E-state index in [0.717, 1.165) is 24.1 Å². The van der Waals surface area contributed by atoms with Crippen LogP contribution in [0.25, 0.3) is 0 Å². The van der Waals surface area contributed by atoms with E-state index in [4.69, 9.17) is 5.73 Å². The first kappa shape index (κ1) is 14.6. The van der Waals surface area contributed by atoms with Crippen LogP contribution in [0.15, 0.2) is 36.4 Å². The normalized spacial score (nSPS) is 10.4. The fourth-order valence-electron chi connectivity index (χ4n) is 1.99. The number of carbonyl (C=O) groups is 1. The van der Waals surface area contributed by atoms with Crippen LogP contribution >= 0.6 is 11.3 Å². The molecule has 2 aromatic rings. The SMILES string of the molecule is CCCCNC(=O)c1cc(Cc2ccccc2)sc1N. The summed E-state index contributed by atoms with van der Waals surface area (Å²) in [6, 6.07) is 12.1. The number of nitrogens with one attached hydrogen (secondary N) is 1. The van der Waals surface area contributed by atoms with Crippen LogP contribution in [0.1, 0.15) is 40.6 Å². The van der Waals surface area contributed by atoms with Crippen molar-refractivity contribution in [1.82, 2.24) is 5.32 Å². The Bertz CT molecular complexity index is 563. The molecule has 0 atom stereocenters. The lowest BCUT2D eigenvalue weighted by Crippen LogP contribution is -2.24. The summed E-state index contributed by atoms with van der Waals surface area (Å²) in [5, 5.41) is 3.51. The van der Waals surface area contributed by atoms with E-state index in [1.807, 2.05) is 24.3 Å². The summed E-state index contributed by atoms with van der Waals surface area (Å²) in [7, 11) is 0. The third-order valence-electron chi connectivity index (χ3n) is 3.09. The predicted molar refractivity (Wildman–Crippen MR) is 85.2 cm³/mol. The molecule has 3 nitrogen and oxygen atoms in total. The molecule has 2 rings (SSSR count). The van der Waals surface area contributed by atoms with Crippen LogP contribution in [0.3, 0.4) is 0 Å². The van der Waals surface area contributed by atoms with Gasteiger partial charge in [-0.3, -0.25) is 4.79 Å². The van der Waals surface area contributed by atoms with Crippen molar-refractivity contribution in [3.63, 3.8) is 0 Å². The van der Waals surface area contributed by atoms with E-state index in [9.17, 15) is 4.79 Å². The number of benzene rings is 1. The zero-order valence-corrected chi connectivity index (χ0v) is 12.5. The van der Waals surface area contributed by atoms with E-state index in [0.29, 0.717) is 17.1 Å². The molecule has 0 aliphatic rings. The maximum absolute atomic E-state index is 12.0. The lowest BCUT2D eigenvalue weighted by Gasteiger charge is -2.02. The molecule has 4 heteroatoms. The lowest BCUT2D eigenvalue weighted by atomic mass is 10.1. The van der Waals surface area contributed by atoms with Gasteiger partial charge in [0.05, 0.1) is 10.6 Å². The molecular formula is C16H20N2OS. The number of rotatable bonds is 6. The molecule has 0 aliphatic carbocycles. The number of thiophene rings is 1. The molecule has 1 aromatic heterocycles. The monoisotopic (exact) mass is 288 g/mol. The smallest absolute Gasteiger partial charge is 0.254 e. The van der Waals surface area contributed by atoms with Gasteiger partial charge in [0.15, 0.2) is 0 Å². The molecule has 106 valence electrons. The first-order valence-corrected chi connectivity index (χ1v) is 7.72. The molecule has 20 heavy (non-hydrogen) atoms. The van der Waals surface area contributed by atoms with Crippen molar-refractivity contribution in [1.29, 1.82) is 0 Å². The predicted octanol–water partition coefficient (Wildman–Crippen LogP) is 3.45. The number of anilines is 1. The standard InChI is InChI=1S/C16H20N2OS/c1-2-3-9-18-16(19)14-11-13(20-15(14)17)10-12-7-5-4-6-8-12/h4-8,11H,2-3,9-10,17H2,1H3,(H,18,19). The van der Waals surface area contributed by atoms with Gasteiger partial charge >= 0.3 is 0 Å². The highest BCUT2D eigenvalue weighted by Crippen LogP contribution is 2.27. The molecule has 0 spiro atoms. The summed E-state index contributed by atoms with van der Waals surface area (Å²) >= 11 is 1.49. The first-order chi connectivity index (χ1) is 9.70. The molecular weight excluding hydrogens is 268 g/mol. The van der Waals surface area contributed by atoms with Gasteiger partial charge in [-0.2, -0.15) is 0 Å². The number of unbranched alkanes of at least 4 members (excludes halogenated alkanes) is 1. The summed E-state index contributed by atoms with van der Waals surface area (Å²) in [5.74, 6) is -0.0634. The zero-order chi connectivity index (χ0) is 14.4. The molecule has 1 heterocycles. The molecule has 1 amide bonds. The summed E-state index contributed by atoms with van der Waals surface area (Å²) in [6.07, 6.45) is 2.88. The number of nitrogens with two attached hydrogens (primary N) is 1. The van der Waals surface area contributed by atoms with Crippen molar-refractivity contribution >= 4 is 22.2 Å². The average Bonchev–Trinajstić information content (AvgIpc) is 2.81. The molecule has 1 aromatic carbocycles. The third-order valence-corrected chi connectivity index (χ3v) is 4.06. The van der Waals surface area contributed by atoms with E-state index in [2.05, 4.69) is 24.4 Å². The van der Waals surface area contributed by atoms with Crippen molar-refractivity contribution in [2.75, 3.05) is 12.3 Å². The minimum Gasteiger partial charge on any atom is -0.390 e. The average molecular weight is 288 g/mol. The van der Waals surface area contributed by atoms with Crippen LogP contribution in [-0.4, -0.2) is 12.5 Å². The maximum Gasteiger partial charge on any atom is 0.254 e. The Balaban J connectivity index is 2.03. The fraction of sp³-hybridized carbons (Fsp3) is 0.312. The number of amides is 1. The summed E-state index contributed by atoms with van der Waals surface area (Å²) in [6.45, 7) is 2.81. The highest BCUT2D eigenvalue weighted by atomic mass is 32.1. The number of hydrogen-bond acceptors (Lipinski definition) is 3. The lowest BCUT2D eigenvalue weighted by molar-refractivity contribution is 0.0954. The van der Waals surface area contributed by atoms with Gasteiger partial charge in [0.2, 0.25) is 0 Å². The summed E-state index contributed by atoms with van der Waals surface area (Å²) in [4.78, 5) is 13.1. The Morgan fingerprint density at radius 2 is 2.05 bits per heavy atom. The van der Waals surface area contributed by atoms with Crippen molar-refractivity contribution < 1.29 is 4.79 Å². The van der Waals surface area contributed by atoms with Crippen LogP contribution in [0.5, 0.6) is 0 Å². The van der Waals surface area contributed by atoms with E-state index in [-0.39, 0.29) is 5.91 Å². The highest BCUT2D eigenvalue weighted by molar-refractivity contribution is 7.16. The minimum atomic E-state index is -0.0634. The van der Waals surface area contributed by atoms with Crippen molar-refractivity contribution in [2.45, 2.75) is 26.2 Å². The molecule has 0 bridgehead atoms. The van der Waals surface area contributed by atoms with Crippen LogP contribution in [0.2, 0.25) is 0 Å². The molecule has 0 radical (unpaired) electrons. The Morgan fingerprint density at radius 3 is 2.75 bits per heavy atom. The van der Waals surface area contributed by atoms with Gasteiger partial charge in [0.1, 0.15) is 0 Å². The topological polar surface area (TPSA) is 55.1 Å². The Labute approximate surface area is 123 Å². The Kier molecular flexibility index (Phi) is 5.18. The third kappa shape index (κ3) is 3.84. The van der Waals surface area contributed by atoms with Gasteiger partial charge in [0.25, 0.3) is 5.91 Å². The van der Waals surface area contributed by atoms with E-state index >= 15 is 0 Å². The van der Waals surface area contributed by atoms with Crippen LogP contribution in [0, 0.1) is 0 Å². The van der Waals surface area contributed by atoms with Crippen molar-refractivity contribution in [2.24, 2.45) is 0 Å². The van der Waals surface area contributed by atoms with E-state index in [1.165, 1.54) is 16.9 Å². The Morgan fingerprint density at radius 1 is 1.30 bits per heavy atom. The molecule has 3 N–H and O–H groups in total. The second-order valence-electron chi connectivity index (χ2n) is 4.76. The second kappa shape index (κ2) is 7.10. The maximum atomic E-state index is 12.0. The summed E-state index contributed by atoms with van der Waals surface area (Å²) < 4.78 is 0. The van der Waals surface area contributed by atoms with Gasteiger partial charge in [-0.05, 0) is 18.1 Å². The Hall–Kier alpha value is -1.81. The zero-order valence-electron chi connectivity index (χ0n) is 11.7. The second-order valence-corrected chi connectivity index (χ2v) is 5.93. The van der Waals surface area contributed by atoms with Gasteiger partial charge in [-0.15, -0.1) is 11.3 Å². The molecule has 0 saturated heterocycles. The quantitative estimate of drug-likeness (QED) is 0.800. The van der Waals surface area contributed by atoms with E-state index in [1.54, 1.807) is 0 Å². The molecule has 0 unspecified atom stereocenters. The van der Waals surface area contributed by atoms with Crippen LogP contribution < -0.4 is 11.1 Å². The number of nitrogen functional groups attached to an aromatic ring is 1.